The molecular formula is C19H17N3O5S2. The first-order chi connectivity index (χ1) is 14.2. The summed E-state index contributed by atoms with van der Waals surface area (Å²) in [5.74, 6) is 3.17. The number of nitrogens with zero attached hydrogens (tertiary/aromatic N) is 3. The van der Waals surface area contributed by atoms with E-state index >= 15 is 0 Å². The lowest BCUT2D eigenvalue weighted by Gasteiger charge is -2.12. The summed E-state index contributed by atoms with van der Waals surface area (Å²) in [4.78, 5) is 1.04. The quantitative estimate of drug-likeness (QED) is 0.366. The van der Waals surface area contributed by atoms with Crippen LogP contribution in [0.1, 0.15) is 5.69 Å². The molecule has 1 aromatic carbocycles. The zero-order valence-electron chi connectivity index (χ0n) is 15.9. The minimum absolute atomic E-state index is 0.353. The zero-order chi connectivity index (χ0) is 20.2. The predicted octanol–water partition coefficient (Wildman–Crippen LogP) is 4.77. The van der Waals surface area contributed by atoms with Gasteiger partial charge < -0.3 is 23.2 Å². The third-order valence-electron chi connectivity index (χ3n) is 3.98. The van der Waals surface area contributed by atoms with Gasteiger partial charge in [-0.1, -0.05) is 23.0 Å². The highest BCUT2D eigenvalue weighted by Crippen LogP contribution is 2.41. The van der Waals surface area contributed by atoms with Gasteiger partial charge in [0.1, 0.15) is 0 Å². The van der Waals surface area contributed by atoms with Crippen LogP contribution in [0.4, 0.5) is 0 Å². The number of aromatic nitrogens is 3. The van der Waals surface area contributed by atoms with E-state index in [0.717, 1.165) is 16.3 Å². The average Bonchev–Trinajstić information content (AvgIpc) is 3.52. The van der Waals surface area contributed by atoms with Crippen LogP contribution in [0.25, 0.3) is 22.1 Å². The second-order valence-corrected chi connectivity index (χ2v) is 7.61. The highest BCUT2D eigenvalue weighted by atomic mass is 32.2. The molecule has 29 heavy (non-hydrogen) atoms. The van der Waals surface area contributed by atoms with Gasteiger partial charge in [0.2, 0.25) is 11.6 Å². The lowest BCUT2D eigenvalue weighted by atomic mass is 10.2. The molecule has 3 heterocycles. The lowest BCUT2D eigenvalue weighted by molar-refractivity contribution is 0.324. The smallest absolute Gasteiger partial charge is 0.277 e. The highest BCUT2D eigenvalue weighted by Gasteiger charge is 2.18. The second kappa shape index (κ2) is 8.58. The van der Waals surface area contributed by atoms with Crippen molar-refractivity contribution in [3.05, 3.63) is 41.4 Å². The molecule has 0 unspecified atom stereocenters. The Kier molecular flexibility index (Phi) is 5.72. The van der Waals surface area contributed by atoms with Gasteiger partial charge in [-0.2, -0.15) is 0 Å². The minimum atomic E-state index is 0.353. The van der Waals surface area contributed by atoms with Crippen LogP contribution in [0.15, 0.2) is 49.9 Å². The van der Waals surface area contributed by atoms with E-state index in [4.69, 9.17) is 23.2 Å². The van der Waals surface area contributed by atoms with Gasteiger partial charge in [-0.15, -0.1) is 21.5 Å². The molecular weight excluding hydrogens is 414 g/mol. The molecule has 150 valence electrons. The highest BCUT2D eigenvalue weighted by molar-refractivity contribution is 7.98. The molecule has 4 rings (SSSR count). The summed E-state index contributed by atoms with van der Waals surface area (Å²) in [6.45, 7) is 0. The van der Waals surface area contributed by atoms with E-state index in [0.29, 0.717) is 39.7 Å². The molecule has 0 amide bonds. The maximum absolute atomic E-state index is 5.78. The normalized spacial score (nSPS) is 10.9. The zero-order valence-corrected chi connectivity index (χ0v) is 17.5. The van der Waals surface area contributed by atoms with Gasteiger partial charge in [-0.05, 0) is 23.6 Å². The molecule has 3 aromatic heterocycles. The van der Waals surface area contributed by atoms with Crippen LogP contribution in [0.2, 0.25) is 0 Å². The largest absolute Gasteiger partial charge is 0.493 e. The molecule has 0 spiro atoms. The maximum Gasteiger partial charge on any atom is 0.277 e. The average molecular weight is 431 g/mol. The topological polar surface area (TPSA) is 92.6 Å². The van der Waals surface area contributed by atoms with Crippen molar-refractivity contribution < 1.29 is 23.2 Å². The van der Waals surface area contributed by atoms with E-state index < -0.39 is 0 Å². The fraction of sp³-hybridized carbons (Fsp3) is 0.211. The number of rotatable bonds is 8. The van der Waals surface area contributed by atoms with Gasteiger partial charge in [0.15, 0.2) is 17.3 Å². The van der Waals surface area contributed by atoms with E-state index in [-0.39, 0.29) is 0 Å². The number of benzene rings is 1. The van der Waals surface area contributed by atoms with Crippen molar-refractivity contribution in [1.29, 1.82) is 0 Å². The van der Waals surface area contributed by atoms with Crippen molar-refractivity contribution in [3.63, 3.8) is 0 Å². The minimum Gasteiger partial charge on any atom is -0.493 e. The molecule has 0 aliphatic heterocycles. The van der Waals surface area contributed by atoms with Gasteiger partial charge in [0.25, 0.3) is 5.22 Å². The first kappa shape index (κ1) is 19.3. The first-order valence-electron chi connectivity index (χ1n) is 8.48. The molecule has 0 saturated carbocycles. The van der Waals surface area contributed by atoms with E-state index in [1.165, 1.54) is 11.8 Å². The molecule has 0 saturated heterocycles. The van der Waals surface area contributed by atoms with Crippen molar-refractivity contribution in [2.75, 3.05) is 21.3 Å². The first-order valence-corrected chi connectivity index (χ1v) is 10.3. The Morgan fingerprint density at radius 1 is 1.03 bits per heavy atom. The Balaban J connectivity index is 1.49. The summed E-state index contributed by atoms with van der Waals surface area (Å²) in [5.41, 5.74) is 1.46. The van der Waals surface area contributed by atoms with Gasteiger partial charge in [-0.25, -0.2) is 0 Å². The molecule has 8 nitrogen and oxygen atoms in total. The molecule has 0 aliphatic rings. The Morgan fingerprint density at radius 3 is 2.48 bits per heavy atom. The van der Waals surface area contributed by atoms with Crippen LogP contribution in [0, 0.1) is 0 Å². The van der Waals surface area contributed by atoms with Crippen LogP contribution in [-0.4, -0.2) is 36.7 Å². The molecule has 0 aliphatic carbocycles. The number of thiophene rings is 1. The molecule has 0 radical (unpaired) electrons. The van der Waals surface area contributed by atoms with Gasteiger partial charge in [0.05, 0.1) is 31.9 Å². The summed E-state index contributed by atoms with van der Waals surface area (Å²) < 4.78 is 27.2. The summed E-state index contributed by atoms with van der Waals surface area (Å²) in [6.07, 6.45) is 0. The lowest BCUT2D eigenvalue weighted by Crippen LogP contribution is -1.95. The van der Waals surface area contributed by atoms with Gasteiger partial charge in [0, 0.05) is 17.4 Å². The predicted molar refractivity (Wildman–Crippen MR) is 109 cm³/mol. The standard InChI is InChI=1S/C19H17N3O5S2/c1-23-14-7-11(8-15(24-2)17(14)25-3)18-20-21-19(26-18)29-10-12-9-13(27-22-12)16-5-4-6-28-16/h4-9H,10H2,1-3H3. The molecule has 4 aromatic rings. The van der Waals surface area contributed by atoms with E-state index in [1.54, 1.807) is 44.8 Å². The van der Waals surface area contributed by atoms with Crippen LogP contribution in [0.3, 0.4) is 0 Å². The molecule has 0 N–H and O–H groups in total. The number of ether oxygens (including phenoxy) is 3. The number of hydrogen-bond acceptors (Lipinski definition) is 10. The van der Waals surface area contributed by atoms with Crippen LogP contribution in [-0.2, 0) is 5.75 Å². The Morgan fingerprint density at radius 2 is 1.83 bits per heavy atom. The SMILES string of the molecule is COc1cc(-c2nnc(SCc3cc(-c4cccs4)on3)o2)cc(OC)c1OC. The van der Waals surface area contributed by atoms with Crippen molar-refractivity contribution in [2.45, 2.75) is 11.0 Å². The number of thioether (sulfide) groups is 1. The van der Waals surface area contributed by atoms with Crippen LogP contribution in [0.5, 0.6) is 17.2 Å². The summed E-state index contributed by atoms with van der Waals surface area (Å²) >= 11 is 2.98. The van der Waals surface area contributed by atoms with E-state index in [2.05, 4.69) is 15.4 Å². The fourth-order valence-electron chi connectivity index (χ4n) is 2.64. The van der Waals surface area contributed by atoms with Crippen molar-refractivity contribution in [3.8, 4) is 39.3 Å². The molecule has 0 fully saturated rings. The van der Waals surface area contributed by atoms with E-state index in [1.807, 2.05) is 23.6 Å². The fourth-order valence-corrected chi connectivity index (χ4v) is 3.96. The van der Waals surface area contributed by atoms with Gasteiger partial charge in [-0.3, -0.25) is 0 Å². The Hall–Kier alpha value is -2.98. The van der Waals surface area contributed by atoms with Gasteiger partial charge >= 0.3 is 0 Å². The summed E-state index contributed by atoms with van der Waals surface area (Å²) in [7, 11) is 4.66. The summed E-state index contributed by atoms with van der Waals surface area (Å²) in [5, 5.41) is 14.7. The third-order valence-corrected chi connectivity index (χ3v) is 5.72. The Labute approximate surface area is 174 Å². The van der Waals surface area contributed by atoms with Crippen LogP contribution >= 0.6 is 23.1 Å². The van der Waals surface area contributed by atoms with E-state index in [9.17, 15) is 0 Å². The van der Waals surface area contributed by atoms with Crippen molar-refractivity contribution >= 4 is 23.1 Å². The third kappa shape index (κ3) is 4.08. The number of methoxy groups -OCH3 is 3. The molecule has 10 heteroatoms. The Bertz CT molecular complexity index is 1070. The summed E-state index contributed by atoms with van der Waals surface area (Å²) in [6, 6.07) is 9.39. The van der Waals surface area contributed by atoms with Crippen molar-refractivity contribution in [2.24, 2.45) is 0 Å². The molecule has 0 bridgehead atoms. The van der Waals surface area contributed by atoms with Crippen molar-refractivity contribution in [1.82, 2.24) is 15.4 Å². The maximum atomic E-state index is 5.78. The second-order valence-electron chi connectivity index (χ2n) is 5.74. The molecule has 0 atom stereocenters. The van der Waals surface area contributed by atoms with Crippen LogP contribution < -0.4 is 14.2 Å². The number of hydrogen-bond donors (Lipinski definition) is 0. The monoisotopic (exact) mass is 431 g/mol.